The number of benzene rings is 1. The van der Waals surface area contributed by atoms with E-state index in [0.717, 1.165) is 3.97 Å². The zero-order chi connectivity index (χ0) is 23.0. The summed E-state index contributed by atoms with van der Waals surface area (Å²) in [5.41, 5.74) is -1.17. The van der Waals surface area contributed by atoms with Crippen LogP contribution in [0.25, 0.3) is 11.0 Å². The lowest BCUT2D eigenvalue weighted by Crippen LogP contribution is -2.44. The largest absolute Gasteiger partial charge is 0.444 e. The minimum absolute atomic E-state index is 0.0361. The zero-order valence-corrected chi connectivity index (χ0v) is 18.9. The van der Waals surface area contributed by atoms with Crippen LogP contribution in [0.1, 0.15) is 50.8 Å². The zero-order valence-electron chi connectivity index (χ0n) is 18.0. The number of rotatable bonds is 5. The third-order valence-electron chi connectivity index (χ3n) is 4.49. The van der Waals surface area contributed by atoms with Crippen LogP contribution in [0.5, 0.6) is 0 Å². The van der Waals surface area contributed by atoms with Gasteiger partial charge in [0.1, 0.15) is 5.60 Å². The average Bonchev–Trinajstić information content (AvgIpc) is 3.05. The third kappa shape index (κ3) is 4.61. The molecule has 3 aromatic rings. The Morgan fingerprint density at radius 1 is 1.06 bits per heavy atom. The number of aldehydes is 1. The molecular weight excluding hydrogens is 418 g/mol. The number of carbonyl (C=O) groups excluding carboxylic acids is 2. The van der Waals surface area contributed by atoms with Crippen LogP contribution in [-0.4, -0.2) is 35.4 Å². The number of ether oxygens (including phenoxy) is 1. The minimum Gasteiger partial charge on any atom is -0.444 e. The Hall–Kier alpha value is -3.20. The number of hydrogen-bond acceptors (Lipinski definition) is 6. The second-order valence-corrected chi connectivity index (χ2v) is 10.4. The van der Waals surface area contributed by atoms with Gasteiger partial charge in [0.2, 0.25) is 0 Å². The molecule has 0 aliphatic rings. The fraction of sp³-hybridized carbons (Fsp3) is 0.318. The first-order valence-electron chi connectivity index (χ1n) is 9.65. The lowest BCUT2D eigenvalue weighted by molar-refractivity contribution is 0.0468. The molecule has 0 saturated heterocycles. The van der Waals surface area contributed by atoms with Crippen LogP contribution < -0.4 is 5.32 Å². The van der Waals surface area contributed by atoms with E-state index in [9.17, 15) is 18.0 Å². The van der Waals surface area contributed by atoms with Crippen molar-refractivity contribution in [2.45, 2.75) is 50.7 Å². The van der Waals surface area contributed by atoms with Crippen LogP contribution >= 0.6 is 0 Å². The van der Waals surface area contributed by atoms with Gasteiger partial charge in [-0.2, -0.15) is 0 Å². The molecule has 1 N–H and O–H groups in total. The molecule has 1 aromatic carbocycles. The lowest BCUT2D eigenvalue weighted by Gasteiger charge is -2.28. The number of carbonyl (C=O) groups is 2. The molecule has 2 heterocycles. The number of nitrogens with zero attached hydrogens (tertiary/aromatic N) is 2. The Kier molecular flexibility index (Phi) is 5.66. The van der Waals surface area contributed by atoms with E-state index < -0.39 is 27.3 Å². The molecule has 31 heavy (non-hydrogen) atoms. The molecule has 0 fully saturated rings. The van der Waals surface area contributed by atoms with Crippen LogP contribution in [0.15, 0.2) is 53.4 Å². The van der Waals surface area contributed by atoms with Gasteiger partial charge in [-0.05, 0) is 65.0 Å². The van der Waals surface area contributed by atoms with Crippen LogP contribution in [0, 0.1) is 0 Å². The fourth-order valence-electron chi connectivity index (χ4n) is 3.08. The van der Waals surface area contributed by atoms with Gasteiger partial charge in [0.05, 0.1) is 21.8 Å². The predicted molar refractivity (Wildman–Crippen MR) is 117 cm³/mol. The summed E-state index contributed by atoms with van der Waals surface area (Å²) in [5.74, 6) is 0. The highest BCUT2D eigenvalue weighted by Crippen LogP contribution is 2.27. The minimum atomic E-state index is -4.06. The summed E-state index contributed by atoms with van der Waals surface area (Å²) in [4.78, 5) is 28.5. The number of aromatic nitrogens is 2. The molecule has 2 aromatic heterocycles. The maximum Gasteiger partial charge on any atom is 0.408 e. The summed E-state index contributed by atoms with van der Waals surface area (Å²) in [6.45, 7) is 8.72. The first-order valence-corrected chi connectivity index (χ1v) is 11.1. The maximum atomic E-state index is 13.3. The van der Waals surface area contributed by atoms with Crippen LogP contribution in [0.4, 0.5) is 4.79 Å². The molecule has 8 nitrogen and oxygen atoms in total. The van der Waals surface area contributed by atoms with Crippen molar-refractivity contribution in [1.29, 1.82) is 0 Å². The molecule has 0 aliphatic carbocycles. The van der Waals surface area contributed by atoms with Gasteiger partial charge >= 0.3 is 6.09 Å². The molecule has 3 rings (SSSR count). The van der Waals surface area contributed by atoms with Gasteiger partial charge in [-0.1, -0.05) is 18.2 Å². The molecule has 0 saturated carbocycles. The molecule has 1 amide bonds. The van der Waals surface area contributed by atoms with E-state index in [1.807, 2.05) is 0 Å². The molecule has 0 spiro atoms. The van der Waals surface area contributed by atoms with Crippen molar-refractivity contribution in [3.05, 3.63) is 59.9 Å². The summed E-state index contributed by atoms with van der Waals surface area (Å²) in [6, 6.07) is 12.6. The van der Waals surface area contributed by atoms with Crippen molar-refractivity contribution in [2.75, 3.05) is 0 Å². The fourth-order valence-corrected chi connectivity index (χ4v) is 4.54. The maximum absolute atomic E-state index is 13.3. The first-order chi connectivity index (χ1) is 14.3. The Morgan fingerprint density at radius 3 is 2.29 bits per heavy atom. The number of pyridine rings is 1. The highest BCUT2D eigenvalue weighted by Gasteiger charge is 2.30. The lowest BCUT2D eigenvalue weighted by atomic mass is 10.00. The summed E-state index contributed by atoms with van der Waals surface area (Å²) in [6.07, 6.45) is -0.147. The second-order valence-electron chi connectivity index (χ2n) is 8.63. The van der Waals surface area contributed by atoms with Crippen molar-refractivity contribution < 1.29 is 22.7 Å². The van der Waals surface area contributed by atoms with E-state index >= 15 is 0 Å². The monoisotopic (exact) mass is 443 g/mol. The van der Waals surface area contributed by atoms with Gasteiger partial charge in [0.25, 0.3) is 10.0 Å². The Bertz CT molecular complexity index is 1240. The molecular formula is C22H25N3O5S. The summed E-state index contributed by atoms with van der Waals surface area (Å²) in [7, 11) is -4.06. The molecule has 0 bridgehead atoms. The van der Waals surface area contributed by atoms with Gasteiger partial charge < -0.3 is 10.1 Å². The summed E-state index contributed by atoms with van der Waals surface area (Å²) in [5, 5.41) is 3.24. The van der Waals surface area contributed by atoms with Crippen LogP contribution in [0.3, 0.4) is 0 Å². The van der Waals surface area contributed by atoms with Crippen LogP contribution in [0.2, 0.25) is 0 Å². The summed E-state index contributed by atoms with van der Waals surface area (Å²) >= 11 is 0. The van der Waals surface area contributed by atoms with Gasteiger partial charge in [-0.25, -0.2) is 22.2 Å². The van der Waals surface area contributed by atoms with Gasteiger partial charge in [0.15, 0.2) is 11.9 Å². The molecule has 0 unspecified atom stereocenters. The van der Waals surface area contributed by atoms with Crippen molar-refractivity contribution in [3.8, 4) is 0 Å². The molecule has 0 atom stereocenters. The van der Waals surface area contributed by atoms with Crippen LogP contribution in [-0.2, 0) is 20.3 Å². The van der Waals surface area contributed by atoms with E-state index in [4.69, 9.17) is 4.74 Å². The smallest absolute Gasteiger partial charge is 0.408 e. The van der Waals surface area contributed by atoms with Crippen molar-refractivity contribution in [3.63, 3.8) is 0 Å². The van der Waals surface area contributed by atoms with E-state index in [2.05, 4.69) is 10.3 Å². The molecule has 0 aliphatic heterocycles. The van der Waals surface area contributed by atoms with Gasteiger partial charge in [-0.3, -0.25) is 4.79 Å². The third-order valence-corrected chi connectivity index (χ3v) is 6.22. The highest BCUT2D eigenvalue weighted by molar-refractivity contribution is 7.90. The van der Waals surface area contributed by atoms with Crippen molar-refractivity contribution in [2.24, 2.45) is 0 Å². The van der Waals surface area contributed by atoms with E-state index in [1.54, 1.807) is 65.0 Å². The van der Waals surface area contributed by atoms with Crippen molar-refractivity contribution >= 4 is 33.4 Å². The normalized spacial score (nSPS) is 12.5. The Labute approximate surface area is 181 Å². The number of amides is 1. The van der Waals surface area contributed by atoms with E-state index in [-0.39, 0.29) is 16.2 Å². The molecule has 9 heteroatoms. The van der Waals surface area contributed by atoms with E-state index in [1.165, 1.54) is 18.2 Å². The van der Waals surface area contributed by atoms with Gasteiger partial charge in [-0.15, -0.1) is 0 Å². The Balaban J connectivity index is 2.11. The molecule has 0 radical (unpaired) electrons. The van der Waals surface area contributed by atoms with E-state index in [0.29, 0.717) is 17.4 Å². The number of alkyl carbamates (subject to hydrolysis) is 1. The number of nitrogens with one attached hydrogen (secondary N) is 1. The number of hydrogen-bond donors (Lipinski definition) is 1. The SMILES string of the molecule is CC(C)(C)OC(=O)NC(C)(C)c1ccc2cc(C=O)n(S(=O)(=O)c3ccccc3)c2n1. The predicted octanol–water partition coefficient (Wildman–Crippen LogP) is 3.85. The first kappa shape index (κ1) is 22.5. The summed E-state index contributed by atoms with van der Waals surface area (Å²) < 4.78 is 32.8. The standard InChI is InChI=1S/C22H25N3O5S/c1-21(2,3)30-20(27)24-22(4,5)18-12-11-15-13-16(14-26)25(19(15)23-18)31(28,29)17-9-7-6-8-10-17/h6-14H,1-5H3,(H,24,27). The van der Waals surface area contributed by atoms with Crippen molar-refractivity contribution in [1.82, 2.24) is 14.3 Å². The van der Waals surface area contributed by atoms with Gasteiger partial charge in [0, 0.05) is 5.39 Å². The molecule has 164 valence electrons. The Morgan fingerprint density at radius 2 is 1.71 bits per heavy atom. The average molecular weight is 444 g/mol. The quantitative estimate of drug-likeness (QED) is 0.600. The second kappa shape index (κ2) is 7.81. The topological polar surface area (TPSA) is 107 Å². The highest BCUT2D eigenvalue weighted by atomic mass is 32.2. The number of fused-ring (bicyclic) bond motifs is 1.